The summed E-state index contributed by atoms with van der Waals surface area (Å²) in [6, 6.07) is 1.42. The Morgan fingerprint density at radius 3 is 2.79 bits per heavy atom. The number of carbonyl (C=O) groups is 1. The number of aromatic nitrogens is 1. The molecule has 0 radical (unpaired) electrons. The molecule has 2 atom stereocenters. The lowest BCUT2D eigenvalue weighted by Gasteiger charge is -2.19. The van der Waals surface area contributed by atoms with E-state index in [1.54, 1.807) is 6.92 Å². The molecule has 0 amide bonds. The highest BCUT2D eigenvalue weighted by atomic mass is 35.5. The van der Waals surface area contributed by atoms with Gasteiger partial charge in [-0.25, -0.2) is 4.98 Å². The molecule has 1 aromatic heterocycles. The van der Waals surface area contributed by atoms with Crippen molar-refractivity contribution >= 4 is 17.6 Å². The van der Waals surface area contributed by atoms with Crippen LogP contribution in [-0.4, -0.2) is 41.0 Å². The zero-order valence-corrected chi connectivity index (χ0v) is 11.4. The van der Waals surface area contributed by atoms with E-state index in [1.165, 1.54) is 19.4 Å². The van der Waals surface area contributed by atoms with Gasteiger partial charge in [-0.15, -0.1) is 0 Å². The number of pyridine rings is 1. The molecule has 0 fully saturated rings. The van der Waals surface area contributed by atoms with Gasteiger partial charge >= 0.3 is 5.97 Å². The first-order valence-corrected chi connectivity index (χ1v) is 6.08. The summed E-state index contributed by atoms with van der Waals surface area (Å²) in [4.78, 5) is 15.1. The van der Waals surface area contributed by atoms with Crippen molar-refractivity contribution in [2.75, 3.05) is 13.7 Å². The minimum Gasteiger partial charge on any atom is -0.481 e. The predicted octanol–water partition coefficient (Wildman–Crippen LogP) is 1.09. The number of aliphatic hydroxyl groups is 2. The second-order valence-electron chi connectivity index (χ2n) is 3.77. The van der Waals surface area contributed by atoms with Crippen LogP contribution in [0.25, 0.3) is 0 Å². The molecule has 0 aromatic carbocycles. The fourth-order valence-electron chi connectivity index (χ4n) is 1.53. The number of halogens is 1. The number of hydrogen-bond donors (Lipinski definition) is 2. The van der Waals surface area contributed by atoms with Crippen molar-refractivity contribution in [1.29, 1.82) is 0 Å². The van der Waals surface area contributed by atoms with Gasteiger partial charge in [-0.2, -0.15) is 0 Å². The Morgan fingerprint density at radius 2 is 2.21 bits per heavy atom. The fourth-order valence-corrected chi connectivity index (χ4v) is 1.70. The van der Waals surface area contributed by atoms with Gasteiger partial charge in [0.15, 0.2) is 0 Å². The summed E-state index contributed by atoms with van der Waals surface area (Å²) in [6.45, 7) is 1.87. The van der Waals surface area contributed by atoms with Crippen LogP contribution in [0, 0.1) is 0 Å². The maximum absolute atomic E-state index is 11.2. The predicted molar refractivity (Wildman–Crippen MR) is 68.0 cm³/mol. The van der Waals surface area contributed by atoms with Crippen molar-refractivity contribution in [3.63, 3.8) is 0 Å². The number of carbonyl (C=O) groups excluding carboxylic acids is 1. The lowest BCUT2D eigenvalue weighted by atomic mass is 10.0. The highest BCUT2D eigenvalue weighted by Gasteiger charge is 2.25. The number of aliphatic hydroxyl groups excluding tert-OH is 2. The van der Waals surface area contributed by atoms with Crippen LogP contribution in [-0.2, 0) is 9.53 Å². The van der Waals surface area contributed by atoms with Crippen molar-refractivity contribution in [3.05, 3.63) is 22.8 Å². The van der Waals surface area contributed by atoms with Gasteiger partial charge in [0.05, 0.1) is 31.3 Å². The summed E-state index contributed by atoms with van der Waals surface area (Å²) in [6.07, 6.45) is -1.64. The molecular formula is C12H16ClNO5. The molecule has 0 spiro atoms. The Bertz CT molecular complexity index is 440. The SMILES string of the molecule is CCOC(=O)CC(O)C(O)c1cc(Cl)cnc1OC. The first kappa shape index (κ1) is 15.7. The van der Waals surface area contributed by atoms with E-state index in [9.17, 15) is 15.0 Å². The van der Waals surface area contributed by atoms with Gasteiger partial charge in [-0.3, -0.25) is 4.79 Å². The molecule has 2 unspecified atom stereocenters. The van der Waals surface area contributed by atoms with Crippen LogP contribution >= 0.6 is 11.6 Å². The quantitative estimate of drug-likeness (QED) is 0.762. The minimum atomic E-state index is -1.34. The molecule has 1 heterocycles. The van der Waals surface area contributed by atoms with Crippen molar-refractivity contribution in [1.82, 2.24) is 4.98 Å². The molecule has 7 heteroatoms. The van der Waals surface area contributed by atoms with E-state index in [0.717, 1.165) is 0 Å². The van der Waals surface area contributed by atoms with Gasteiger partial charge < -0.3 is 19.7 Å². The largest absolute Gasteiger partial charge is 0.481 e. The lowest BCUT2D eigenvalue weighted by molar-refractivity contribution is -0.147. The van der Waals surface area contributed by atoms with Crippen molar-refractivity contribution in [2.45, 2.75) is 25.6 Å². The van der Waals surface area contributed by atoms with Crippen molar-refractivity contribution in [2.24, 2.45) is 0 Å². The van der Waals surface area contributed by atoms with Crippen LogP contribution in [0.15, 0.2) is 12.3 Å². The maximum atomic E-state index is 11.2. The zero-order chi connectivity index (χ0) is 14.4. The third-order valence-electron chi connectivity index (χ3n) is 2.40. The molecule has 1 rings (SSSR count). The van der Waals surface area contributed by atoms with E-state index >= 15 is 0 Å². The van der Waals surface area contributed by atoms with Gasteiger partial charge in [-0.1, -0.05) is 11.6 Å². The lowest BCUT2D eigenvalue weighted by Crippen LogP contribution is -2.23. The van der Waals surface area contributed by atoms with Crippen LogP contribution in [0.4, 0.5) is 0 Å². The number of ether oxygens (including phenoxy) is 2. The van der Waals surface area contributed by atoms with E-state index in [1.807, 2.05) is 0 Å². The summed E-state index contributed by atoms with van der Waals surface area (Å²) in [5.41, 5.74) is 0.215. The van der Waals surface area contributed by atoms with Crippen LogP contribution in [0.5, 0.6) is 5.88 Å². The third kappa shape index (κ3) is 4.34. The van der Waals surface area contributed by atoms with Crippen LogP contribution < -0.4 is 4.74 Å². The average molecular weight is 290 g/mol. The van der Waals surface area contributed by atoms with E-state index in [0.29, 0.717) is 0 Å². The first-order chi connectivity index (χ1) is 8.99. The standard InChI is InChI=1S/C12H16ClNO5/c1-3-19-10(16)5-9(15)11(17)8-4-7(13)6-14-12(8)18-2/h4,6,9,11,15,17H,3,5H2,1-2H3. The first-order valence-electron chi connectivity index (χ1n) is 5.70. The van der Waals surface area contributed by atoms with Gasteiger partial charge in [-0.05, 0) is 13.0 Å². The molecule has 0 saturated heterocycles. The minimum absolute atomic E-state index is 0.139. The second kappa shape index (κ2) is 7.28. The normalized spacial score (nSPS) is 13.7. The second-order valence-corrected chi connectivity index (χ2v) is 4.21. The summed E-state index contributed by atoms with van der Waals surface area (Å²) < 4.78 is 9.66. The topological polar surface area (TPSA) is 88.9 Å². The Labute approximate surface area is 115 Å². The highest BCUT2D eigenvalue weighted by Crippen LogP contribution is 2.28. The smallest absolute Gasteiger partial charge is 0.308 e. The molecule has 1 aromatic rings. The van der Waals surface area contributed by atoms with E-state index in [4.69, 9.17) is 21.1 Å². The number of rotatable bonds is 6. The molecule has 0 aliphatic heterocycles. The van der Waals surface area contributed by atoms with Crippen LogP contribution in [0.2, 0.25) is 5.02 Å². The Hall–Kier alpha value is -1.37. The Kier molecular flexibility index (Phi) is 6.01. The fraction of sp³-hybridized carbons (Fsp3) is 0.500. The molecule has 0 aliphatic carbocycles. The molecule has 0 bridgehead atoms. The van der Waals surface area contributed by atoms with E-state index in [2.05, 4.69) is 4.98 Å². The Morgan fingerprint density at radius 1 is 1.53 bits per heavy atom. The molecule has 0 saturated carbocycles. The molecule has 0 aliphatic rings. The maximum Gasteiger partial charge on any atom is 0.308 e. The van der Waals surface area contributed by atoms with Crippen molar-refractivity contribution in [3.8, 4) is 5.88 Å². The number of nitrogens with zero attached hydrogens (tertiary/aromatic N) is 1. The monoisotopic (exact) mass is 289 g/mol. The Balaban J connectivity index is 2.83. The highest BCUT2D eigenvalue weighted by molar-refractivity contribution is 6.30. The van der Waals surface area contributed by atoms with Crippen LogP contribution in [0.3, 0.4) is 0 Å². The molecule has 6 nitrogen and oxygen atoms in total. The molecule has 106 valence electrons. The zero-order valence-electron chi connectivity index (χ0n) is 10.7. The summed E-state index contributed by atoms with van der Waals surface area (Å²) in [5, 5.41) is 20.1. The number of hydrogen-bond acceptors (Lipinski definition) is 6. The van der Waals surface area contributed by atoms with Gasteiger partial charge in [0.2, 0.25) is 5.88 Å². The third-order valence-corrected chi connectivity index (χ3v) is 2.61. The number of esters is 1. The van der Waals surface area contributed by atoms with Gasteiger partial charge in [0.25, 0.3) is 0 Å². The summed E-state index contributed by atoms with van der Waals surface area (Å²) >= 11 is 5.78. The van der Waals surface area contributed by atoms with E-state index in [-0.39, 0.29) is 29.5 Å². The average Bonchev–Trinajstić information content (AvgIpc) is 2.37. The number of methoxy groups -OCH3 is 1. The summed E-state index contributed by atoms with van der Waals surface area (Å²) in [7, 11) is 1.38. The van der Waals surface area contributed by atoms with E-state index < -0.39 is 18.2 Å². The van der Waals surface area contributed by atoms with Crippen LogP contribution in [0.1, 0.15) is 25.0 Å². The van der Waals surface area contributed by atoms with Gasteiger partial charge in [0.1, 0.15) is 6.10 Å². The summed E-state index contributed by atoms with van der Waals surface area (Å²) in [5.74, 6) is -0.456. The molecule has 2 N–H and O–H groups in total. The van der Waals surface area contributed by atoms with Gasteiger partial charge in [0, 0.05) is 11.8 Å². The molecular weight excluding hydrogens is 274 g/mol. The molecule has 19 heavy (non-hydrogen) atoms. The van der Waals surface area contributed by atoms with Crippen molar-refractivity contribution < 1.29 is 24.5 Å².